The van der Waals surface area contributed by atoms with Crippen molar-refractivity contribution in [3.05, 3.63) is 16.0 Å². The van der Waals surface area contributed by atoms with Crippen LogP contribution in [0.3, 0.4) is 0 Å². The lowest BCUT2D eigenvalue weighted by Crippen LogP contribution is -2.29. The van der Waals surface area contributed by atoms with Gasteiger partial charge in [0.2, 0.25) is 11.8 Å². The number of nitrogens with zero attached hydrogens (tertiary/aromatic N) is 2. The Morgan fingerprint density at radius 1 is 1.43 bits per heavy atom. The van der Waals surface area contributed by atoms with E-state index in [0.29, 0.717) is 23.2 Å². The molecule has 21 heavy (non-hydrogen) atoms. The maximum Gasteiger partial charge on any atom is 0.230 e. The number of anilines is 1. The lowest BCUT2D eigenvalue weighted by Gasteiger charge is -2.15. The van der Waals surface area contributed by atoms with E-state index in [9.17, 15) is 14.9 Å². The van der Waals surface area contributed by atoms with Gasteiger partial charge in [-0.1, -0.05) is 0 Å². The highest BCUT2D eigenvalue weighted by atomic mass is 32.1. The zero-order valence-electron chi connectivity index (χ0n) is 12.1. The van der Waals surface area contributed by atoms with Crippen LogP contribution in [0, 0.1) is 31.1 Å². The number of nitriles is 1. The van der Waals surface area contributed by atoms with Gasteiger partial charge in [0.25, 0.3) is 0 Å². The summed E-state index contributed by atoms with van der Waals surface area (Å²) in [6, 6.07) is 2.50. The zero-order chi connectivity index (χ0) is 15.1. The molecular formula is C15H17N3O2S. The predicted octanol–water partition coefficient (Wildman–Crippen LogP) is 2.19. The van der Waals surface area contributed by atoms with Gasteiger partial charge in [0.05, 0.1) is 11.5 Å². The molecule has 2 aliphatic rings. The second-order valence-electron chi connectivity index (χ2n) is 5.77. The Labute approximate surface area is 127 Å². The summed E-state index contributed by atoms with van der Waals surface area (Å²) in [7, 11) is 0. The summed E-state index contributed by atoms with van der Waals surface area (Å²) in [6.45, 7) is 4.33. The second kappa shape index (κ2) is 5.15. The van der Waals surface area contributed by atoms with Gasteiger partial charge in [-0.15, -0.1) is 11.3 Å². The van der Waals surface area contributed by atoms with Gasteiger partial charge in [-0.25, -0.2) is 0 Å². The first-order valence-electron chi connectivity index (χ1n) is 7.11. The molecule has 1 atom stereocenters. The molecule has 1 aromatic heterocycles. The summed E-state index contributed by atoms with van der Waals surface area (Å²) in [4.78, 5) is 27.1. The van der Waals surface area contributed by atoms with E-state index in [-0.39, 0.29) is 24.2 Å². The molecule has 5 nitrogen and oxygen atoms in total. The number of hydrogen-bond acceptors (Lipinski definition) is 4. The van der Waals surface area contributed by atoms with Crippen molar-refractivity contribution >= 4 is 28.2 Å². The Morgan fingerprint density at radius 2 is 2.14 bits per heavy atom. The minimum atomic E-state index is -0.299. The molecule has 2 heterocycles. The summed E-state index contributed by atoms with van der Waals surface area (Å²) in [5, 5.41) is 12.6. The first-order chi connectivity index (χ1) is 10.0. The van der Waals surface area contributed by atoms with Crippen molar-refractivity contribution in [2.75, 3.05) is 11.9 Å². The normalized spacial score (nSPS) is 21.5. The van der Waals surface area contributed by atoms with E-state index in [1.54, 1.807) is 0 Å². The van der Waals surface area contributed by atoms with E-state index in [1.165, 1.54) is 11.3 Å². The van der Waals surface area contributed by atoms with Crippen LogP contribution in [-0.4, -0.2) is 29.3 Å². The van der Waals surface area contributed by atoms with Crippen molar-refractivity contribution in [2.45, 2.75) is 39.2 Å². The third-order valence-corrected chi connectivity index (χ3v) is 5.37. The van der Waals surface area contributed by atoms with Crippen molar-refractivity contribution in [1.82, 2.24) is 4.90 Å². The Kier molecular flexibility index (Phi) is 3.46. The highest BCUT2D eigenvalue weighted by molar-refractivity contribution is 7.16. The molecule has 1 saturated carbocycles. The quantitative estimate of drug-likeness (QED) is 0.930. The van der Waals surface area contributed by atoms with Crippen LogP contribution in [-0.2, 0) is 9.59 Å². The fourth-order valence-electron chi connectivity index (χ4n) is 2.71. The van der Waals surface area contributed by atoms with Crippen LogP contribution in [0.15, 0.2) is 0 Å². The fraction of sp³-hybridized carbons (Fsp3) is 0.533. The molecular weight excluding hydrogens is 286 g/mol. The van der Waals surface area contributed by atoms with Crippen LogP contribution in [0.2, 0.25) is 0 Å². The van der Waals surface area contributed by atoms with E-state index >= 15 is 0 Å². The molecule has 0 radical (unpaired) electrons. The molecule has 1 aromatic rings. The topological polar surface area (TPSA) is 73.2 Å². The summed E-state index contributed by atoms with van der Waals surface area (Å²) in [6.07, 6.45) is 2.40. The third-order valence-electron chi connectivity index (χ3n) is 4.25. The average molecular weight is 303 g/mol. The maximum atomic E-state index is 12.3. The fourth-order valence-corrected chi connectivity index (χ4v) is 3.72. The zero-order valence-corrected chi connectivity index (χ0v) is 12.9. The minimum Gasteiger partial charge on any atom is -0.339 e. The number of likely N-dealkylation sites (tertiary alicyclic amines) is 1. The van der Waals surface area contributed by atoms with Gasteiger partial charge < -0.3 is 10.2 Å². The molecule has 2 fully saturated rings. The molecule has 2 amide bonds. The highest BCUT2D eigenvalue weighted by Gasteiger charge is 2.41. The minimum absolute atomic E-state index is 0.0803. The number of hydrogen-bond donors (Lipinski definition) is 1. The third kappa shape index (κ3) is 2.54. The monoisotopic (exact) mass is 303 g/mol. The number of aryl methyl sites for hydroxylation is 1. The van der Waals surface area contributed by atoms with Crippen molar-refractivity contribution < 1.29 is 9.59 Å². The van der Waals surface area contributed by atoms with Gasteiger partial charge in [0.15, 0.2) is 0 Å². The molecule has 1 saturated heterocycles. The second-order valence-corrected chi connectivity index (χ2v) is 6.99. The average Bonchev–Trinajstić information content (AvgIpc) is 3.15. The van der Waals surface area contributed by atoms with Gasteiger partial charge in [0.1, 0.15) is 11.1 Å². The maximum absolute atomic E-state index is 12.3. The lowest BCUT2D eigenvalue weighted by molar-refractivity contribution is -0.128. The molecule has 0 spiro atoms. The van der Waals surface area contributed by atoms with Crippen molar-refractivity contribution in [3.63, 3.8) is 0 Å². The predicted molar refractivity (Wildman–Crippen MR) is 80.0 cm³/mol. The Balaban J connectivity index is 1.71. The summed E-state index contributed by atoms with van der Waals surface area (Å²) in [5.41, 5.74) is 1.45. The van der Waals surface area contributed by atoms with Crippen molar-refractivity contribution in [2.24, 2.45) is 5.92 Å². The molecule has 1 aliphatic heterocycles. The summed E-state index contributed by atoms with van der Waals surface area (Å²) in [5.74, 6) is -0.367. The Bertz CT molecular complexity index is 655. The summed E-state index contributed by atoms with van der Waals surface area (Å²) >= 11 is 1.42. The van der Waals surface area contributed by atoms with Gasteiger partial charge in [-0.2, -0.15) is 5.26 Å². The van der Waals surface area contributed by atoms with Crippen LogP contribution in [0.25, 0.3) is 0 Å². The van der Waals surface area contributed by atoms with Gasteiger partial charge in [-0.05, 0) is 32.3 Å². The summed E-state index contributed by atoms with van der Waals surface area (Å²) < 4.78 is 0. The Morgan fingerprint density at radius 3 is 2.76 bits per heavy atom. The van der Waals surface area contributed by atoms with Gasteiger partial charge in [0, 0.05) is 23.9 Å². The molecule has 110 valence electrons. The molecule has 0 unspecified atom stereocenters. The van der Waals surface area contributed by atoms with E-state index in [1.807, 2.05) is 18.7 Å². The number of nitrogens with one attached hydrogen (secondary N) is 1. The number of carbonyl (C=O) groups excluding carboxylic acids is 2. The number of thiophene rings is 1. The molecule has 1 N–H and O–H groups in total. The highest BCUT2D eigenvalue weighted by Crippen LogP contribution is 2.35. The molecule has 6 heteroatoms. The van der Waals surface area contributed by atoms with E-state index in [0.717, 1.165) is 23.3 Å². The number of rotatable bonds is 3. The SMILES string of the molecule is Cc1sc(NC(=O)[C@H]2CC(=O)N(C3CC3)C2)c(C#N)c1C. The lowest BCUT2D eigenvalue weighted by atomic mass is 10.1. The number of carbonyl (C=O) groups is 2. The molecule has 1 aliphatic carbocycles. The van der Waals surface area contributed by atoms with E-state index in [4.69, 9.17) is 0 Å². The first-order valence-corrected chi connectivity index (χ1v) is 7.93. The van der Waals surface area contributed by atoms with Gasteiger partial charge in [-0.3, -0.25) is 9.59 Å². The van der Waals surface area contributed by atoms with Gasteiger partial charge >= 0.3 is 0 Å². The molecule has 3 rings (SSSR count). The number of amides is 2. The van der Waals surface area contributed by atoms with E-state index in [2.05, 4.69) is 11.4 Å². The van der Waals surface area contributed by atoms with Crippen molar-refractivity contribution in [3.8, 4) is 6.07 Å². The Hall–Kier alpha value is -1.87. The molecule has 0 bridgehead atoms. The largest absolute Gasteiger partial charge is 0.339 e. The smallest absolute Gasteiger partial charge is 0.230 e. The van der Waals surface area contributed by atoms with Crippen LogP contribution >= 0.6 is 11.3 Å². The van der Waals surface area contributed by atoms with Crippen LogP contribution in [0.5, 0.6) is 0 Å². The first kappa shape index (κ1) is 14.1. The van der Waals surface area contributed by atoms with Crippen LogP contribution < -0.4 is 5.32 Å². The van der Waals surface area contributed by atoms with E-state index < -0.39 is 0 Å². The van der Waals surface area contributed by atoms with Crippen LogP contribution in [0.1, 0.15) is 35.3 Å². The molecule has 0 aromatic carbocycles. The van der Waals surface area contributed by atoms with Crippen molar-refractivity contribution in [1.29, 1.82) is 5.26 Å². The standard InChI is InChI=1S/C15H17N3O2S/c1-8-9(2)21-15(12(8)6-16)17-14(20)10-5-13(19)18(7-10)11-3-4-11/h10-11H,3-5,7H2,1-2H3,(H,17,20)/t10-/m0/s1. The van der Waals surface area contributed by atoms with Crippen LogP contribution in [0.4, 0.5) is 5.00 Å².